The Hall–Kier alpha value is -12.9. The van der Waals surface area contributed by atoms with E-state index in [1.807, 2.05) is 91.0 Å². The molecule has 0 saturated heterocycles. The van der Waals surface area contributed by atoms with Crippen molar-refractivity contribution in [2.24, 2.45) is 0 Å². The number of aromatic nitrogens is 3. The molecule has 0 radical (unpaired) electrons. The van der Waals surface area contributed by atoms with Crippen LogP contribution in [0.5, 0.6) is 0 Å². The van der Waals surface area contributed by atoms with E-state index in [4.69, 9.17) is 4.98 Å². The molecule has 0 atom stereocenters. The number of hydrogen-bond acceptors (Lipinski definition) is 10. The van der Waals surface area contributed by atoms with Crippen LogP contribution >= 0.6 is 0 Å². The van der Waals surface area contributed by atoms with E-state index < -0.39 is 0 Å². The largest absolute Gasteiger partial charge is 0.309 e. The second-order valence-corrected chi connectivity index (χ2v) is 18.8. The lowest BCUT2D eigenvalue weighted by Gasteiger charge is -2.18. The molecule has 12 aromatic rings. The molecule has 0 spiro atoms. The van der Waals surface area contributed by atoms with Gasteiger partial charge < -0.3 is 9.13 Å². The summed E-state index contributed by atoms with van der Waals surface area (Å²) in [7, 11) is 0. The molecule has 12 heteroatoms. The minimum Gasteiger partial charge on any atom is -0.309 e. The number of nitrogens with zero attached hydrogens (tertiary/aromatic N) is 12. The molecular weight excluding hydrogens is 985 g/mol. The lowest BCUT2D eigenvalue weighted by Crippen LogP contribution is -2.02. The van der Waals surface area contributed by atoms with Crippen LogP contribution in [0.3, 0.4) is 0 Å². The fourth-order valence-corrected chi connectivity index (χ4v) is 10.9. The van der Waals surface area contributed by atoms with Crippen LogP contribution in [0.2, 0.25) is 0 Å². The molecule has 0 bridgehead atoms. The van der Waals surface area contributed by atoms with E-state index in [2.05, 4.69) is 63.8 Å². The lowest BCUT2D eigenvalue weighted by atomic mass is 9.95. The molecule has 0 saturated carbocycles. The molecule has 0 aliphatic rings. The third kappa shape index (κ3) is 7.82. The van der Waals surface area contributed by atoms with Gasteiger partial charge in [-0.05, 0) is 160 Å². The standard InChI is InChI=1S/C68H30N12/c69-30-40-1-10-53(49(21-40)35-74)45-6-15-63-58(26-45)59-27-46(54-11-2-41(31-70)22-50(54)36-75)7-16-64(59)79(63)67-19-20-78-39-62(67)57-14-5-44(34-73)25-68(57)80-65-17-8-47(55-12-3-42(32-71)23-51(55)37-76)28-60(65)61-29-48(9-18-66(61)80)56-13-4-43(33-72)24-52(56)38-77/h1-29,39H. The fourth-order valence-electron chi connectivity index (χ4n) is 10.9. The Morgan fingerprint density at radius 2 is 0.562 bits per heavy atom. The third-order valence-corrected chi connectivity index (χ3v) is 14.5. The van der Waals surface area contributed by atoms with Crippen LogP contribution < -0.4 is 0 Å². The van der Waals surface area contributed by atoms with E-state index in [1.54, 1.807) is 91.3 Å². The highest BCUT2D eigenvalue weighted by Crippen LogP contribution is 2.44. The molecule has 80 heavy (non-hydrogen) atoms. The zero-order valence-electron chi connectivity index (χ0n) is 41.7. The van der Waals surface area contributed by atoms with Crippen LogP contribution in [0.15, 0.2) is 182 Å². The first-order valence-electron chi connectivity index (χ1n) is 24.7. The van der Waals surface area contributed by atoms with Gasteiger partial charge in [-0.3, -0.25) is 4.98 Å². The number of benzene rings is 9. The summed E-state index contributed by atoms with van der Waals surface area (Å²) in [6, 6.07) is 71.1. The van der Waals surface area contributed by atoms with Gasteiger partial charge in [-0.25, -0.2) is 0 Å². The molecule has 0 aliphatic carbocycles. The maximum atomic E-state index is 10.6. The SMILES string of the molecule is N#Cc1ccc(-c2ccc3c(c2)c2cc(-c4ccc(C#N)cc4C#N)ccc2n3-c2ccncc2-c2ccc(C#N)cc2-n2c3ccc(-c4ccc(C#N)cc4C#N)cc3c3cc(-c4ccc(C#N)cc4C#N)ccc32)c(C#N)c1. The van der Waals surface area contributed by atoms with Crippen molar-refractivity contribution < 1.29 is 0 Å². The molecule has 0 fully saturated rings. The first-order valence-corrected chi connectivity index (χ1v) is 24.7. The summed E-state index contributed by atoms with van der Waals surface area (Å²) in [6.45, 7) is 0. The predicted molar refractivity (Wildman–Crippen MR) is 303 cm³/mol. The Morgan fingerprint density at radius 1 is 0.263 bits per heavy atom. The molecular formula is C68H30N12. The Bertz CT molecular complexity index is 4880. The Labute approximate surface area is 456 Å². The molecule has 3 heterocycles. The first kappa shape index (κ1) is 48.1. The first-order chi connectivity index (χ1) is 39.2. The van der Waals surface area contributed by atoms with Gasteiger partial charge >= 0.3 is 0 Å². The second kappa shape index (κ2) is 19.4. The maximum Gasteiger partial charge on any atom is 0.0998 e. The van der Waals surface area contributed by atoms with Gasteiger partial charge in [0, 0.05) is 45.1 Å². The van der Waals surface area contributed by atoms with Crippen LogP contribution in [-0.2, 0) is 0 Å². The highest BCUT2D eigenvalue weighted by Gasteiger charge is 2.24. The maximum absolute atomic E-state index is 10.6. The van der Waals surface area contributed by atoms with E-state index in [9.17, 15) is 47.4 Å². The van der Waals surface area contributed by atoms with E-state index in [0.717, 1.165) is 71.6 Å². The summed E-state index contributed by atoms with van der Waals surface area (Å²) in [5.41, 5.74) is 14.6. The van der Waals surface area contributed by atoms with Gasteiger partial charge in [0.1, 0.15) is 0 Å². The van der Waals surface area contributed by atoms with E-state index in [-0.39, 0.29) is 0 Å². The Kier molecular flexibility index (Phi) is 11.7. The Morgan fingerprint density at radius 3 is 0.875 bits per heavy atom. The summed E-state index contributed by atoms with van der Waals surface area (Å²) in [4.78, 5) is 4.72. The van der Waals surface area contributed by atoms with Crippen molar-refractivity contribution in [3.8, 4) is 122 Å². The monoisotopic (exact) mass is 1010 g/mol. The predicted octanol–water partition coefficient (Wildman–Crippen LogP) is 14.5. The van der Waals surface area contributed by atoms with Crippen molar-refractivity contribution in [3.05, 3.63) is 232 Å². The van der Waals surface area contributed by atoms with Gasteiger partial charge in [0.15, 0.2) is 0 Å². The van der Waals surface area contributed by atoms with E-state index in [1.165, 1.54) is 0 Å². The van der Waals surface area contributed by atoms with Crippen molar-refractivity contribution in [2.75, 3.05) is 0 Å². The van der Waals surface area contributed by atoms with Crippen molar-refractivity contribution >= 4 is 43.6 Å². The summed E-state index contributed by atoms with van der Waals surface area (Å²) in [5.74, 6) is 0. The van der Waals surface area contributed by atoms with Crippen molar-refractivity contribution in [2.45, 2.75) is 0 Å². The summed E-state index contributed by atoms with van der Waals surface area (Å²) >= 11 is 0. The molecule has 0 aliphatic heterocycles. The molecule has 0 N–H and O–H groups in total. The highest BCUT2D eigenvalue weighted by atomic mass is 15.0. The third-order valence-electron chi connectivity index (χ3n) is 14.5. The quantitative estimate of drug-likeness (QED) is 0.146. The second-order valence-electron chi connectivity index (χ2n) is 18.8. The van der Waals surface area contributed by atoms with Crippen LogP contribution in [-0.4, -0.2) is 14.1 Å². The van der Waals surface area contributed by atoms with E-state index >= 15 is 0 Å². The molecule has 9 aromatic carbocycles. The highest BCUT2D eigenvalue weighted by molar-refractivity contribution is 6.14. The van der Waals surface area contributed by atoms with Gasteiger partial charge in [0.25, 0.3) is 0 Å². The summed E-state index contributed by atoms with van der Waals surface area (Å²) < 4.78 is 4.24. The molecule has 12 rings (SSSR count). The number of rotatable bonds is 7. The number of pyridine rings is 1. The van der Waals surface area contributed by atoms with Gasteiger partial charge in [-0.2, -0.15) is 47.4 Å². The molecule has 0 unspecified atom stereocenters. The molecule has 12 nitrogen and oxygen atoms in total. The zero-order chi connectivity index (χ0) is 55.2. The van der Waals surface area contributed by atoms with Crippen molar-refractivity contribution in [1.82, 2.24) is 14.1 Å². The summed E-state index contributed by atoms with van der Waals surface area (Å²) in [5, 5.41) is 93.7. The van der Waals surface area contributed by atoms with Gasteiger partial charge in [-0.15, -0.1) is 0 Å². The fraction of sp³-hybridized carbons (Fsp3) is 0. The van der Waals surface area contributed by atoms with Gasteiger partial charge in [0.2, 0.25) is 0 Å². The van der Waals surface area contributed by atoms with Crippen LogP contribution in [0.1, 0.15) is 50.1 Å². The summed E-state index contributed by atoms with van der Waals surface area (Å²) in [6.07, 6.45) is 3.51. The average molecular weight is 1020 g/mol. The van der Waals surface area contributed by atoms with Gasteiger partial charge in [-0.1, -0.05) is 54.6 Å². The van der Waals surface area contributed by atoms with E-state index in [0.29, 0.717) is 89.1 Å². The number of hydrogen-bond donors (Lipinski definition) is 0. The molecule has 0 amide bonds. The van der Waals surface area contributed by atoms with Crippen LogP contribution in [0.4, 0.5) is 0 Å². The average Bonchev–Trinajstić information content (AvgIpc) is 4.26. The number of nitriles is 9. The zero-order valence-corrected chi connectivity index (χ0v) is 41.7. The number of fused-ring (bicyclic) bond motifs is 6. The van der Waals surface area contributed by atoms with Crippen LogP contribution in [0, 0.1) is 102 Å². The van der Waals surface area contributed by atoms with Crippen LogP contribution in [0.25, 0.3) is 111 Å². The normalized spacial score (nSPS) is 10.6. The lowest BCUT2D eigenvalue weighted by molar-refractivity contribution is 1.14. The molecule has 362 valence electrons. The smallest absolute Gasteiger partial charge is 0.0998 e. The van der Waals surface area contributed by atoms with Crippen molar-refractivity contribution in [3.63, 3.8) is 0 Å². The van der Waals surface area contributed by atoms with Gasteiger partial charge in [0.05, 0.1) is 138 Å². The Balaban J connectivity index is 1.12. The molecule has 3 aromatic heterocycles. The van der Waals surface area contributed by atoms with Crippen molar-refractivity contribution in [1.29, 1.82) is 47.4 Å². The topological polar surface area (TPSA) is 237 Å². The minimum absolute atomic E-state index is 0.331. The minimum atomic E-state index is 0.331.